The van der Waals surface area contributed by atoms with Crippen LogP contribution in [0.1, 0.15) is 19.3 Å². The van der Waals surface area contributed by atoms with Crippen LogP contribution in [-0.4, -0.2) is 35.6 Å². The molecule has 0 aromatic heterocycles. The zero-order valence-electron chi connectivity index (χ0n) is 18.6. The van der Waals surface area contributed by atoms with Crippen molar-refractivity contribution in [2.75, 3.05) is 6.26 Å². The lowest BCUT2D eigenvalue weighted by molar-refractivity contribution is -0.0517. The van der Waals surface area contributed by atoms with E-state index in [1.165, 1.54) is 35.2 Å². The molecule has 0 radical (unpaired) electrons. The molecule has 0 amide bonds. The molecule has 2 unspecified atom stereocenters. The van der Waals surface area contributed by atoms with Gasteiger partial charge in [0, 0.05) is 5.25 Å². The maximum atomic E-state index is 10.7. The molecule has 1 aliphatic carbocycles. The first-order valence-electron chi connectivity index (χ1n) is 10.7. The number of hydrogen-bond donors (Lipinski definition) is 0. The summed E-state index contributed by atoms with van der Waals surface area (Å²) in [5, 5.41) is 5.33. The van der Waals surface area contributed by atoms with Crippen LogP contribution in [0.25, 0.3) is 0 Å². The number of thioether (sulfide) groups is 1. The number of rotatable bonds is 5. The van der Waals surface area contributed by atoms with E-state index in [-0.39, 0.29) is 0 Å². The first kappa shape index (κ1) is 26.7. The van der Waals surface area contributed by atoms with Gasteiger partial charge in [0.1, 0.15) is 23.2 Å². The van der Waals surface area contributed by atoms with Gasteiger partial charge in [0.2, 0.25) is 0 Å². The second-order valence-electron chi connectivity index (χ2n) is 7.90. The van der Waals surface area contributed by atoms with Gasteiger partial charge in [0.25, 0.3) is 0 Å². The molecule has 3 aromatic rings. The molecule has 0 spiro atoms. The minimum absolute atomic E-state index is 0.713. The van der Waals surface area contributed by atoms with Crippen molar-refractivity contribution in [2.45, 2.75) is 35.7 Å². The Balaban J connectivity index is 0.000000350. The summed E-state index contributed by atoms with van der Waals surface area (Å²) in [6, 6.07) is 34.0. The van der Waals surface area contributed by atoms with E-state index in [1.54, 1.807) is 0 Å². The van der Waals surface area contributed by atoms with Gasteiger partial charge in [-0.1, -0.05) is 54.6 Å². The van der Waals surface area contributed by atoms with Crippen molar-refractivity contribution in [3.63, 3.8) is 0 Å². The molecular formula is C25H26F3O3PS2. The van der Waals surface area contributed by atoms with Crippen molar-refractivity contribution >= 4 is 45.1 Å². The zero-order valence-corrected chi connectivity index (χ0v) is 21.1. The standard InChI is InChI=1S/C24H26PS.CHF3O3S/c1-26-24-19-11-18-23(24)25(20-12-5-2-6-13-20,21-14-7-3-8-15-21)22-16-9-4-10-17-22;2-1(3,4)8(5,6)7/h2-10,12-17,23-24H,11,18-19H2,1H3;(H,5,6,7)/q+1;/p-1. The summed E-state index contributed by atoms with van der Waals surface area (Å²) in [4.78, 5) is 0. The maximum Gasteiger partial charge on any atom is 0.485 e. The van der Waals surface area contributed by atoms with Gasteiger partial charge < -0.3 is 4.55 Å². The number of benzene rings is 3. The van der Waals surface area contributed by atoms with Gasteiger partial charge in [0.05, 0.1) is 5.66 Å². The molecule has 1 aliphatic rings. The van der Waals surface area contributed by atoms with Gasteiger partial charge >= 0.3 is 5.51 Å². The Morgan fingerprint density at radius 3 is 1.44 bits per heavy atom. The van der Waals surface area contributed by atoms with E-state index in [2.05, 4.69) is 109 Å². The van der Waals surface area contributed by atoms with Gasteiger partial charge in [-0.2, -0.15) is 24.9 Å². The van der Waals surface area contributed by atoms with E-state index in [0.717, 1.165) is 5.25 Å². The fraction of sp³-hybridized carbons (Fsp3) is 0.280. The first-order valence-corrected chi connectivity index (χ1v) is 15.3. The highest BCUT2D eigenvalue weighted by Gasteiger charge is 2.56. The molecule has 0 N–H and O–H groups in total. The van der Waals surface area contributed by atoms with Crippen molar-refractivity contribution in [1.29, 1.82) is 0 Å². The number of hydrogen-bond acceptors (Lipinski definition) is 4. The molecule has 3 nitrogen and oxygen atoms in total. The molecular weight excluding hydrogens is 500 g/mol. The normalized spacial score (nSPS) is 18.7. The van der Waals surface area contributed by atoms with Crippen LogP contribution in [0.15, 0.2) is 91.0 Å². The van der Waals surface area contributed by atoms with E-state index < -0.39 is 22.9 Å². The highest BCUT2D eigenvalue weighted by molar-refractivity contribution is 8.01. The first-order chi connectivity index (χ1) is 16.1. The topological polar surface area (TPSA) is 57.2 Å². The van der Waals surface area contributed by atoms with Gasteiger partial charge in [-0.3, -0.25) is 0 Å². The fourth-order valence-electron chi connectivity index (χ4n) is 4.64. The Morgan fingerprint density at radius 2 is 1.15 bits per heavy atom. The molecule has 0 saturated heterocycles. The quantitative estimate of drug-likeness (QED) is 0.257. The second-order valence-corrected chi connectivity index (χ2v) is 14.0. The van der Waals surface area contributed by atoms with Crippen LogP contribution >= 0.6 is 19.0 Å². The van der Waals surface area contributed by atoms with Crippen molar-refractivity contribution in [2.24, 2.45) is 0 Å². The van der Waals surface area contributed by atoms with Crippen molar-refractivity contribution in [3.05, 3.63) is 91.0 Å². The van der Waals surface area contributed by atoms with Crippen molar-refractivity contribution in [3.8, 4) is 0 Å². The lowest BCUT2D eigenvalue weighted by atomic mass is 10.3. The van der Waals surface area contributed by atoms with Gasteiger partial charge in [-0.25, -0.2) is 8.42 Å². The molecule has 34 heavy (non-hydrogen) atoms. The molecule has 1 fully saturated rings. The van der Waals surface area contributed by atoms with Crippen molar-refractivity contribution < 1.29 is 26.1 Å². The third-order valence-corrected chi connectivity index (χ3v) is 12.9. The average Bonchev–Trinajstić information content (AvgIpc) is 3.30. The summed E-state index contributed by atoms with van der Waals surface area (Å²) in [5.74, 6) is 0. The van der Waals surface area contributed by atoms with Crippen LogP contribution < -0.4 is 15.9 Å². The van der Waals surface area contributed by atoms with Crippen LogP contribution in [0.2, 0.25) is 0 Å². The third-order valence-electron chi connectivity index (χ3n) is 5.99. The maximum absolute atomic E-state index is 10.7. The third kappa shape index (κ3) is 5.68. The van der Waals surface area contributed by atoms with E-state index in [9.17, 15) is 13.2 Å². The summed E-state index contributed by atoms with van der Waals surface area (Å²) < 4.78 is 58.9. The summed E-state index contributed by atoms with van der Waals surface area (Å²) in [6.45, 7) is 0. The van der Waals surface area contributed by atoms with Gasteiger partial charge in [0.15, 0.2) is 10.1 Å². The largest absolute Gasteiger partial charge is 0.741 e. The molecule has 1 saturated carbocycles. The highest BCUT2D eigenvalue weighted by Crippen LogP contribution is 2.65. The Bertz CT molecular complexity index is 1050. The summed E-state index contributed by atoms with van der Waals surface area (Å²) in [6.07, 6.45) is 6.33. The predicted molar refractivity (Wildman–Crippen MR) is 136 cm³/mol. The molecule has 9 heteroatoms. The lowest BCUT2D eigenvalue weighted by Gasteiger charge is -2.35. The molecule has 0 heterocycles. The Morgan fingerprint density at radius 1 is 0.794 bits per heavy atom. The average molecular weight is 527 g/mol. The lowest BCUT2D eigenvalue weighted by Crippen LogP contribution is -2.41. The smallest absolute Gasteiger partial charge is 0.485 e. The summed E-state index contributed by atoms with van der Waals surface area (Å²) in [5.41, 5.74) is -4.93. The molecule has 2 atom stereocenters. The number of alkyl halides is 3. The van der Waals surface area contributed by atoms with E-state index in [0.29, 0.717) is 5.66 Å². The van der Waals surface area contributed by atoms with Crippen LogP contribution in [0.4, 0.5) is 13.2 Å². The van der Waals surface area contributed by atoms with E-state index >= 15 is 0 Å². The molecule has 0 bridgehead atoms. The Hall–Kier alpha value is -1.86. The second kappa shape index (κ2) is 11.3. The zero-order chi connectivity index (χ0) is 24.8. The molecule has 182 valence electrons. The summed E-state index contributed by atoms with van der Waals surface area (Å²) >= 11 is 2.08. The Labute approximate surface area is 203 Å². The molecule has 0 aliphatic heterocycles. The molecule has 4 rings (SSSR count). The number of halogens is 3. The van der Waals surface area contributed by atoms with Crippen LogP contribution in [0.3, 0.4) is 0 Å². The molecule has 3 aromatic carbocycles. The van der Waals surface area contributed by atoms with Crippen LogP contribution in [0.5, 0.6) is 0 Å². The van der Waals surface area contributed by atoms with Gasteiger partial charge in [-0.05, 0) is 61.9 Å². The minimum atomic E-state index is -6.09. The van der Waals surface area contributed by atoms with Crippen LogP contribution in [0, 0.1) is 0 Å². The fourth-order valence-corrected chi connectivity index (χ4v) is 11.6. The van der Waals surface area contributed by atoms with Crippen molar-refractivity contribution in [1.82, 2.24) is 0 Å². The predicted octanol–water partition coefficient (Wildman–Crippen LogP) is 5.32. The summed E-state index contributed by atoms with van der Waals surface area (Å²) in [7, 11) is -7.78. The van der Waals surface area contributed by atoms with Gasteiger partial charge in [-0.15, -0.1) is 0 Å². The van der Waals surface area contributed by atoms with E-state index in [1.807, 2.05) is 0 Å². The minimum Gasteiger partial charge on any atom is -0.741 e. The van der Waals surface area contributed by atoms with Crippen LogP contribution in [-0.2, 0) is 10.1 Å². The highest BCUT2D eigenvalue weighted by atomic mass is 32.2. The Kier molecular flexibility index (Phi) is 8.85. The monoisotopic (exact) mass is 526 g/mol. The SMILES string of the molecule is CSC1CCCC1[P+](c1ccccc1)(c1ccccc1)c1ccccc1.O=S(=O)([O-])C(F)(F)F. The van der Waals surface area contributed by atoms with E-state index in [4.69, 9.17) is 13.0 Å².